The van der Waals surface area contributed by atoms with Gasteiger partial charge in [-0.3, -0.25) is 0 Å². The zero-order chi connectivity index (χ0) is 25.9. The fourth-order valence-corrected chi connectivity index (χ4v) is 5.06. The molecule has 0 heterocycles. The van der Waals surface area contributed by atoms with Crippen LogP contribution in [0.4, 0.5) is 0 Å². The van der Waals surface area contributed by atoms with Crippen molar-refractivity contribution in [3.05, 3.63) is 0 Å². The van der Waals surface area contributed by atoms with Crippen molar-refractivity contribution in [1.29, 1.82) is 0 Å². The van der Waals surface area contributed by atoms with E-state index in [4.69, 9.17) is 92.8 Å². The van der Waals surface area contributed by atoms with Gasteiger partial charge in [-0.15, -0.1) is 92.8 Å². The van der Waals surface area contributed by atoms with Gasteiger partial charge in [0.1, 0.15) is 0 Å². The fraction of sp³-hybridized carbons (Fsp3) is 0.909. The predicted octanol–water partition coefficient (Wildman–Crippen LogP) is 8.79. The van der Waals surface area contributed by atoms with Crippen LogP contribution in [0, 0.1) is 0 Å². The van der Waals surface area contributed by atoms with E-state index in [-0.39, 0.29) is 0 Å². The lowest BCUT2D eigenvalue weighted by molar-refractivity contribution is -0.258. The largest absolute Gasteiger partial charge is 0.374 e. The summed E-state index contributed by atoms with van der Waals surface area (Å²) in [5, 5.41) is -5.56. The van der Waals surface area contributed by atoms with Crippen molar-refractivity contribution < 1.29 is 19.4 Å². The van der Waals surface area contributed by atoms with E-state index in [0.29, 0.717) is 24.6 Å². The Kier molecular flexibility index (Phi) is 23.1. The van der Waals surface area contributed by atoms with Gasteiger partial charge in [0.2, 0.25) is 0 Å². The Hall–Kier alpha value is 1.26. The molecule has 6 atom stereocenters. The molecule has 0 aromatic carbocycles. The van der Waals surface area contributed by atoms with Gasteiger partial charge in [-0.25, -0.2) is 19.4 Å². The average Bonchev–Trinajstić information content (AvgIpc) is 2.84. The van der Waals surface area contributed by atoms with E-state index < -0.39 is 44.2 Å². The van der Waals surface area contributed by atoms with Gasteiger partial charge in [-0.2, -0.15) is 0 Å². The molecule has 0 aliphatic rings. The van der Waals surface area contributed by atoms with Crippen LogP contribution >= 0.6 is 92.8 Å². The molecule has 0 aliphatic heterocycles. The van der Waals surface area contributed by atoms with Crippen LogP contribution in [0.5, 0.6) is 0 Å². The number of carbonyl (C=O) groups excluding carboxylic acids is 2. The molecule has 4 nitrogen and oxygen atoms in total. The maximum Gasteiger partial charge on any atom is 0.374 e. The summed E-state index contributed by atoms with van der Waals surface area (Å²) in [5.74, 6) is -0.782. The molecule has 0 saturated heterocycles. The minimum atomic E-state index is -1.31. The van der Waals surface area contributed by atoms with E-state index in [9.17, 15) is 9.59 Å². The minimum Gasteiger partial charge on any atom is -0.246 e. The Bertz CT molecular complexity index is 497. The highest BCUT2D eigenvalue weighted by molar-refractivity contribution is 6.40. The van der Waals surface area contributed by atoms with Crippen LogP contribution in [-0.4, -0.2) is 56.0 Å². The second-order valence-corrected chi connectivity index (χ2v) is 11.8. The molecule has 0 amide bonds. The first-order valence-electron chi connectivity index (χ1n) is 11.6. The van der Waals surface area contributed by atoms with E-state index in [0.717, 1.165) is 64.2 Å². The molecular weight excluding hydrogens is 612 g/mol. The SMILES string of the molecule is O=C(OOC(=O)C(Cl)C(Cl)C(Cl)CCCCCCCCl)C(Cl)C(Cl)C(Cl)CCCCCCCCl. The molecule has 0 saturated carbocycles. The lowest BCUT2D eigenvalue weighted by Gasteiger charge is -2.21. The second kappa shape index (κ2) is 22.3. The number of hydrogen-bond donors (Lipinski definition) is 0. The van der Waals surface area contributed by atoms with Crippen LogP contribution in [0.2, 0.25) is 0 Å². The molecule has 0 fully saturated rings. The first kappa shape index (κ1) is 35.3. The summed E-state index contributed by atoms with van der Waals surface area (Å²) in [6.45, 7) is 0. The molecule has 34 heavy (non-hydrogen) atoms. The van der Waals surface area contributed by atoms with Gasteiger partial charge >= 0.3 is 11.9 Å². The molecular formula is C22H34Cl8O4. The molecule has 6 unspecified atom stereocenters. The molecule has 0 rings (SSSR count). The highest BCUT2D eigenvalue weighted by atomic mass is 35.5. The van der Waals surface area contributed by atoms with Crippen molar-refractivity contribution in [2.75, 3.05) is 11.8 Å². The average molecular weight is 646 g/mol. The van der Waals surface area contributed by atoms with Gasteiger partial charge in [0, 0.05) is 11.8 Å². The number of rotatable bonds is 20. The molecule has 0 bridgehead atoms. The molecule has 0 radical (unpaired) electrons. The number of unbranched alkanes of at least 4 members (excludes halogenated alkanes) is 8. The van der Waals surface area contributed by atoms with Crippen molar-refractivity contribution in [3.63, 3.8) is 0 Å². The zero-order valence-corrected chi connectivity index (χ0v) is 25.1. The third-order valence-electron chi connectivity index (χ3n) is 5.13. The normalized spacial score (nSPS) is 16.8. The highest BCUT2D eigenvalue weighted by Gasteiger charge is 2.36. The van der Waals surface area contributed by atoms with Crippen LogP contribution in [0.15, 0.2) is 0 Å². The Morgan fingerprint density at radius 1 is 0.500 bits per heavy atom. The van der Waals surface area contributed by atoms with Crippen LogP contribution in [0.1, 0.15) is 77.0 Å². The maximum absolute atomic E-state index is 12.1. The molecule has 0 spiro atoms. The van der Waals surface area contributed by atoms with E-state index >= 15 is 0 Å². The molecule has 202 valence electrons. The summed E-state index contributed by atoms with van der Waals surface area (Å²) in [6.07, 6.45) is 11.0. The molecule has 0 aromatic rings. The lowest BCUT2D eigenvalue weighted by Crippen LogP contribution is -2.37. The maximum atomic E-state index is 12.1. The minimum absolute atomic E-state index is 0.555. The van der Waals surface area contributed by atoms with Crippen molar-refractivity contribution in [1.82, 2.24) is 0 Å². The summed E-state index contributed by atoms with van der Waals surface area (Å²) >= 11 is 48.3. The van der Waals surface area contributed by atoms with Crippen molar-refractivity contribution in [2.24, 2.45) is 0 Å². The van der Waals surface area contributed by atoms with Crippen molar-refractivity contribution >= 4 is 105 Å². The smallest absolute Gasteiger partial charge is 0.246 e. The molecule has 0 aliphatic carbocycles. The first-order valence-corrected chi connectivity index (χ1v) is 15.2. The number of halogens is 8. The van der Waals surface area contributed by atoms with Crippen LogP contribution in [0.25, 0.3) is 0 Å². The van der Waals surface area contributed by atoms with E-state index in [1.54, 1.807) is 0 Å². The highest BCUT2D eigenvalue weighted by Crippen LogP contribution is 2.26. The van der Waals surface area contributed by atoms with Crippen LogP contribution in [0.3, 0.4) is 0 Å². The first-order chi connectivity index (χ1) is 16.2. The quantitative estimate of drug-likeness (QED) is 0.0575. The van der Waals surface area contributed by atoms with Crippen molar-refractivity contribution in [3.8, 4) is 0 Å². The monoisotopic (exact) mass is 642 g/mol. The van der Waals surface area contributed by atoms with Gasteiger partial charge < -0.3 is 0 Å². The number of alkyl halides is 8. The second-order valence-electron chi connectivity index (χ2n) is 8.02. The Labute approximate surface area is 243 Å². The summed E-state index contributed by atoms with van der Waals surface area (Å²) < 4.78 is 0. The predicted molar refractivity (Wildman–Crippen MR) is 147 cm³/mol. The van der Waals surface area contributed by atoms with Gasteiger partial charge in [0.05, 0.1) is 21.5 Å². The van der Waals surface area contributed by atoms with Crippen molar-refractivity contribution in [2.45, 2.75) is 109 Å². The van der Waals surface area contributed by atoms with Gasteiger partial charge in [0.25, 0.3) is 0 Å². The molecule has 0 N–H and O–H groups in total. The van der Waals surface area contributed by atoms with Gasteiger partial charge in [-0.1, -0.05) is 51.4 Å². The van der Waals surface area contributed by atoms with E-state index in [1.165, 1.54) is 0 Å². The third-order valence-corrected chi connectivity index (χ3v) is 9.17. The van der Waals surface area contributed by atoms with Gasteiger partial charge in [-0.05, 0) is 25.7 Å². The van der Waals surface area contributed by atoms with E-state index in [2.05, 4.69) is 9.78 Å². The topological polar surface area (TPSA) is 52.6 Å². The third kappa shape index (κ3) is 16.2. The van der Waals surface area contributed by atoms with Gasteiger partial charge in [0.15, 0.2) is 10.8 Å². The standard InChI is InChI=1S/C22H34Cl8O4/c23-13-9-5-1-3-7-11-15(25)17(27)19(29)21(31)33-34-22(32)20(30)18(28)16(26)12-8-4-2-6-10-14-24/h15-20H,1-14H2. The Morgan fingerprint density at radius 2 is 0.794 bits per heavy atom. The number of carbonyl (C=O) groups is 2. The Morgan fingerprint density at radius 3 is 1.12 bits per heavy atom. The van der Waals surface area contributed by atoms with E-state index in [1.807, 2.05) is 0 Å². The summed E-state index contributed by atoms with van der Waals surface area (Å²) in [6, 6.07) is 0. The van der Waals surface area contributed by atoms with Crippen LogP contribution < -0.4 is 0 Å². The lowest BCUT2D eigenvalue weighted by atomic mass is 10.1. The summed E-state index contributed by atoms with van der Waals surface area (Å²) in [7, 11) is 0. The zero-order valence-electron chi connectivity index (χ0n) is 19.0. The summed E-state index contributed by atoms with van der Waals surface area (Å²) in [4.78, 5) is 33.3. The molecule has 0 aromatic heterocycles. The fourth-order valence-electron chi connectivity index (χ4n) is 3.05. The Balaban J connectivity index is 4.28. The van der Waals surface area contributed by atoms with Crippen LogP contribution in [-0.2, 0) is 19.4 Å². The molecule has 12 heteroatoms. The summed E-state index contributed by atoms with van der Waals surface area (Å²) in [5.41, 5.74) is 0. The number of hydrogen-bond acceptors (Lipinski definition) is 4.